The fourth-order valence-corrected chi connectivity index (χ4v) is 1.92. The average Bonchev–Trinajstić information content (AvgIpc) is 3.14. The van der Waals surface area contributed by atoms with Crippen molar-refractivity contribution in [2.45, 2.75) is 77.2 Å². The van der Waals surface area contributed by atoms with Crippen LogP contribution in [0, 0.1) is 0 Å². The molecule has 1 unspecified atom stereocenters. The number of aliphatic hydroxyl groups is 1. The van der Waals surface area contributed by atoms with Gasteiger partial charge in [-0.2, -0.15) is 0 Å². The molecule has 98 valence electrons. The molecule has 1 fully saturated rings. The summed E-state index contributed by atoms with van der Waals surface area (Å²) < 4.78 is 5.18. The van der Waals surface area contributed by atoms with Crippen molar-refractivity contribution < 1.29 is 9.84 Å². The topological polar surface area (TPSA) is 32.8 Å². The van der Waals surface area contributed by atoms with Crippen molar-refractivity contribution in [3.63, 3.8) is 0 Å². The number of unbranched alkanes of at least 4 members (excludes halogenated alkanes) is 8. The van der Waals surface area contributed by atoms with Gasteiger partial charge in [-0.05, 0) is 6.42 Å². The van der Waals surface area contributed by atoms with Crippen LogP contribution in [-0.4, -0.2) is 24.9 Å². The van der Waals surface area contributed by atoms with Crippen LogP contribution in [0.2, 0.25) is 0 Å². The molecule has 1 N–H and O–H groups in total. The Morgan fingerprint density at radius 3 is 1.75 bits per heavy atom. The number of aliphatic hydroxyl groups excluding tert-OH is 1. The quantitative estimate of drug-likeness (QED) is 0.456. The zero-order valence-electron chi connectivity index (χ0n) is 11.2. The maximum atomic E-state index is 7.00. The highest BCUT2D eigenvalue weighted by molar-refractivity contribution is 4.68. The number of rotatable bonds is 10. The normalized spacial score (nSPS) is 17.8. The van der Waals surface area contributed by atoms with Gasteiger partial charge in [0.1, 0.15) is 0 Å². The summed E-state index contributed by atoms with van der Waals surface area (Å²) in [7, 11) is 1.00. The lowest BCUT2D eigenvalue weighted by atomic mass is 10.1. The lowest BCUT2D eigenvalue weighted by Crippen LogP contribution is -1.86. The zero-order valence-corrected chi connectivity index (χ0v) is 11.2. The molecule has 0 aromatic carbocycles. The molecule has 0 aromatic rings. The smallest absolute Gasteiger partial charge is 0.0810 e. The van der Waals surface area contributed by atoms with E-state index in [1.165, 1.54) is 64.2 Å². The van der Waals surface area contributed by atoms with Gasteiger partial charge in [0.25, 0.3) is 0 Å². The van der Waals surface area contributed by atoms with Crippen LogP contribution in [0.3, 0.4) is 0 Å². The first-order valence-electron chi connectivity index (χ1n) is 7.00. The summed E-state index contributed by atoms with van der Waals surface area (Å²) in [5, 5.41) is 7.00. The molecule has 0 spiro atoms. The summed E-state index contributed by atoms with van der Waals surface area (Å²) in [4.78, 5) is 0. The second-order valence-corrected chi connectivity index (χ2v) is 4.57. The minimum Gasteiger partial charge on any atom is -0.400 e. The third-order valence-corrected chi connectivity index (χ3v) is 3.03. The minimum absolute atomic E-state index is 0.652. The molecule has 2 heteroatoms. The first-order chi connectivity index (χ1) is 7.93. The van der Waals surface area contributed by atoms with Gasteiger partial charge in [-0.1, -0.05) is 64.7 Å². The molecule has 16 heavy (non-hydrogen) atoms. The summed E-state index contributed by atoms with van der Waals surface area (Å²) in [6.07, 6.45) is 14.8. The summed E-state index contributed by atoms with van der Waals surface area (Å²) in [5.41, 5.74) is 0. The molecule has 0 bridgehead atoms. The summed E-state index contributed by atoms with van der Waals surface area (Å²) in [5.74, 6) is 0. The van der Waals surface area contributed by atoms with Gasteiger partial charge in [0.05, 0.1) is 12.7 Å². The van der Waals surface area contributed by atoms with E-state index in [4.69, 9.17) is 9.84 Å². The standard InChI is InChI=1S/C13H26O.CH4O/c1-2-3-4-5-6-7-8-9-10-11-13-12-14-13;1-2/h13H,2-12H2,1H3;2H,1H3. The number of hydrogen-bond acceptors (Lipinski definition) is 2. The Morgan fingerprint density at radius 1 is 0.875 bits per heavy atom. The fraction of sp³-hybridized carbons (Fsp3) is 1.00. The lowest BCUT2D eigenvalue weighted by molar-refractivity contribution is 0.387. The SMILES string of the molecule is CCCCCCCCCCCC1CO1.CO. The van der Waals surface area contributed by atoms with E-state index in [0.717, 1.165) is 13.7 Å². The van der Waals surface area contributed by atoms with Gasteiger partial charge in [0.15, 0.2) is 0 Å². The molecule has 1 aliphatic rings. The van der Waals surface area contributed by atoms with Crippen molar-refractivity contribution in [3.05, 3.63) is 0 Å². The molecule has 1 aliphatic heterocycles. The Bertz CT molecular complexity index is 122. The second kappa shape index (κ2) is 13.0. The Kier molecular flexibility index (Phi) is 12.9. The van der Waals surface area contributed by atoms with Crippen molar-refractivity contribution in [2.24, 2.45) is 0 Å². The molecule has 1 heterocycles. The highest BCUT2D eigenvalue weighted by Gasteiger charge is 2.20. The molecular formula is C14H30O2. The molecule has 1 atom stereocenters. The van der Waals surface area contributed by atoms with Crippen LogP contribution in [-0.2, 0) is 4.74 Å². The molecule has 1 saturated heterocycles. The van der Waals surface area contributed by atoms with E-state index in [0.29, 0.717) is 6.10 Å². The first-order valence-corrected chi connectivity index (χ1v) is 7.00. The van der Waals surface area contributed by atoms with Crippen molar-refractivity contribution in [3.8, 4) is 0 Å². The molecule has 2 nitrogen and oxygen atoms in total. The fourth-order valence-electron chi connectivity index (χ4n) is 1.92. The van der Waals surface area contributed by atoms with Crippen LogP contribution in [0.25, 0.3) is 0 Å². The van der Waals surface area contributed by atoms with Crippen molar-refractivity contribution >= 4 is 0 Å². The molecule has 0 amide bonds. The number of hydrogen-bond donors (Lipinski definition) is 1. The van der Waals surface area contributed by atoms with E-state index in [2.05, 4.69) is 6.92 Å². The summed E-state index contributed by atoms with van der Waals surface area (Å²) >= 11 is 0. The largest absolute Gasteiger partial charge is 0.400 e. The summed E-state index contributed by atoms with van der Waals surface area (Å²) in [6.45, 7) is 3.32. The Balaban J connectivity index is 0.00000106. The number of ether oxygens (including phenoxy) is 1. The Hall–Kier alpha value is -0.0800. The monoisotopic (exact) mass is 230 g/mol. The van der Waals surface area contributed by atoms with Crippen LogP contribution < -0.4 is 0 Å². The van der Waals surface area contributed by atoms with Crippen LogP contribution >= 0.6 is 0 Å². The van der Waals surface area contributed by atoms with E-state index in [-0.39, 0.29) is 0 Å². The van der Waals surface area contributed by atoms with Gasteiger partial charge >= 0.3 is 0 Å². The lowest BCUT2D eigenvalue weighted by Gasteiger charge is -2.00. The molecule has 0 aromatic heterocycles. The third-order valence-electron chi connectivity index (χ3n) is 3.03. The molecule has 1 rings (SSSR count). The van der Waals surface area contributed by atoms with E-state index in [9.17, 15) is 0 Å². The molecule has 0 aliphatic carbocycles. The van der Waals surface area contributed by atoms with Crippen molar-refractivity contribution in [1.29, 1.82) is 0 Å². The maximum Gasteiger partial charge on any atom is 0.0810 e. The van der Waals surface area contributed by atoms with E-state index < -0.39 is 0 Å². The van der Waals surface area contributed by atoms with E-state index in [1.807, 2.05) is 0 Å². The van der Waals surface area contributed by atoms with Crippen LogP contribution in [0.4, 0.5) is 0 Å². The van der Waals surface area contributed by atoms with Crippen molar-refractivity contribution in [1.82, 2.24) is 0 Å². The highest BCUT2D eigenvalue weighted by Crippen LogP contribution is 2.18. The third kappa shape index (κ3) is 12.0. The van der Waals surface area contributed by atoms with Gasteiger partial charge in [-0.15, -0.1) is 0 Å². The predicted octanol–water partition coefficient (Wildman–Crippen LogP) is 3.91. The van der Waals surface area contributed by atoms with Gasteiger partial charge in [-0.3, -0.25) is 0 Å². The van der Waals surface area contributed by atoms with Gasteiger partial charge < -0.3 is 9.84 Å². The first kappa shape index (κ1) is 15.9. The van der Waals surface area contributed by atoms with Crippen LogP contribution in [0.5, 0.6) is 0 Å². The van der Waals surface area contributed by atoms with E-state index in [1.54, 1.807) is 0 Å². The van der Waals surface area contributed by atoms with Gasteiger partial charge in [0, 0.05) is 7.11 Å². The van der Waals surface area contributed by atoms with Crippen LogP contribution in [0.15, 0.2) is 0 Å². The van der Waals surface area contributed by atoms with E-state index >= 15 is 0 Å². The molecule has 0 radical (unpaired) electrons. The maximum absolute atomic E-state index is 7.00. The van der Waals surface area contributed by atoms with Gasteiger partial charge in [-0.25, -0.2) is 0 Å². The highest BCUT2D eigenvalue weighted by atomic mass is 16.6. The molecular weight excluding hydrogens is 200 g/mol. The summed E-state index contributed by atoms with van der Waals surface area (Å²) in [6, 6.07) is 0. The van der Waals surface area contributed by atoms with Gasteiger partial charge in [0.2, 0.25) is 0 Å². The molecule has 0 saturated carbocycles. The number of epoxide rings is 1. The zero-order chi connectivity index (χ0) is 12.1. The van der Waals surface area contributed by atoms with Crippen molar-refractivity contribution in [2.75, 3.05) is 13.7 Å². The predicted molar refractivity (Wildman–Crippen MR) is 69.7 cm³/mol. The second-order valence-electron chi connectivity index (χ2n) is 4.57. The van der Waals surface area contributed by atoms with Crippen LogP contribution in [0.1, 0.15) is 71.1 Å². The Labute approximate surface area is 101 Å². The Morgan fingerprint density at radius 2 is 1.31 bits per heavy atom. The minimum atomic E-state index is 0.652. The average molecular weight is 230 g/mol.